The summed E-state index contributed by atoms with van der Waals surface area (Å²) < 4.78 is 0. The predicted octanol–water partition coefficient (Wildman–Crippen LogP) is 2.24. The van der Waals surface area contributed by atoms with Crippen LogP contribution in [0.2, 0.25) is 0 Å². The Balaban J connectivity index is 1.98. The van der Waals surface area contributed by atoms with E-state index >= 15 is 0 Å². The first-order chi connectivity index (χ1) is 7.35. The maximum absolute atomic E-state index is 4.51. The number of rotatable bonds is 6. The van der Waals surface area contributed by atoms with E-state index in [2.05, 4.69) is 29.0 Å². The monoisotopic (exact) mass is 225 g/mol. The van der Waals surface area contributed by atoms with Crippen LogP contribution in [0.3, 0.4) is 0 Å². The van der Waals surface area contributed by atoms with E-state index in [0.717, 1.165) is 25.7 Å². The summed E-state index contributed by atoms with van der Waals surface area (Å²) >= 11 is 1.83. The number of hydrogen-bond donors (Lipinski definition) is 1. The van der Waals surface area contributed by atoms with Gasteiger partial charge in [0.15, 0.2) is 5.13 Å². The van der Waals surface area contributed by atoms with Crippen LogP contribution in [0.15, 0.2) is 6.20 Å². The van der Waals surface area contributed by atoms with Gasteiger partial charge in [0.1, 0.15) is 0 Å². The number of nitrogens with one attached hydrogen (secondary N) is 1. The highest BCUT2D eigenvalue weighted by molar-refractivity contribution is 7.15. The Bertz CT molecular complexity index is 307. The zero-order chi connectivity index (χ0) is 10.7. The molecule has 0 aromatic carbocycles. The van der Waals surface area contributed by atoms with E-state index in [9.17, 15) is 0 Å². The molecule has 0 unspecified atom stereocenters. The van der Waals surface area contributed by atoms with Gasteiger partial charge in [0.2, 0.25) is 0 Å². The molecule has 0 atom stereocenters. The standard InChI is InChI=1S/C11H19N3S/c1-3-12-7-10-8-13-11(15-10)14(4-2)9-5-6-9/h8-9,12H,3-7H2,1-2H3. The molecule has 84 valence electrons. The lowest BCUT2D eigenvalue weighted by molar-refractivity contribution is 0.734. The average Bonchev–Trinajstić information content (AvgIpc) is 2.96. The molecular weight excluding hydrogens is 206 g/mol. The molecule has 0 aliphatic heterocycles. The number of thiazole rings is 1. The molecule has 1 fully saturated rings. The predicted molar refractivity (Wildman–Crippen MR) is 65.5 cm³/mol. The molecule has 1 aliphatic carbocycles. The Labute approximate surface area is 95.5 Å². The van der Waals surface area contributed by atoms with Gasteiger partial charge in [-0.15, -0.1) is 11.3 Å². The number of hydrogen-bond acceptors (Lipinski definition) is 4. The normalized spacial score (nSPS) is 15.6. The molecule has 0 saturated heterocycles. The second-order valence-electron chi connectivity index (χ2n) is 3.91. The lowest BCUT2D eigenvalue weighted by Gasteiger charge is -2.18. The van der Waals surface area contributed by atoms with Crippen LogP contribution in [0.1, 0.15) is 31.6 Å². The maximum Gasteiger partial charge on any atom is 0.185 e. The van der Waals surface area contributed by atoms with Crippen molar-refractivity contribution in [1.82, 2.24) is 10.3 Å². The van der Waals surface area contributed by atoms with Crippen molar-refractivity contribution in [3.8, 4) is 0 Å². The van der Waals surface area contributed by atoms with E-state index < -0.39 is 0 Å². The Morgan fingerprint density at radius 1 is 1.53 bits per heavy atom. The summed E-state index contributed by atoms with van der Waals surface area (Å²) in [7, 11) is 0. The van der Waals surface area contributed by atoms with E-state index in [1.807, 2.05) is 17.5 Å². The minimum atomic E-state index is 0.771. The van der Waals surface area contributed by atoms with Crippen LogP contribution in [-0.4, -0.2) is 24.1 Å². The third-order valence-corrected chi connectivity index (χ3v) is 3.70. The zero-order valence-electron chi connectivity index (χ0n) is 9.49. The summed E-state index contributed by atoms with van der Waals surface area (Å²) in [6.07, 6.45) is 4.69. The van der Waals surface area contributed by atoms with Gasteiger partial charge < -0.3 is 10.2 Å². The van der Waals surface area contributed by atoms with Crippen LogP contribution in [0.25, 0.3) is 0 Å². The molecule has 1 saturated carbocycles. The molecule has 1 N–H and O–H groups in total. The molecule has 1 aromatic heterocycles. The van der Waals surface area contributed by atoms with E-state index in [1.54, 1.807) is 0 Å². The summed E-state index contributed by atoms with van der Waals surface area (Å²) in [5.41, 5.74) is 0. The van der Waals surface area contributed by atoms with Crippen LogP contribution < -0.4 is 10.2 Å². The van der Waals surface area contributed by atoms with Crippen LogP contribution in [0, 0.1) is 0 Å². The van der Waals surface area contributed by atoms with Crippen molar-refractivity contribution in [1.29, 1.82) is 0 Å². The Hall–Kier alpha value is -0.610. The van der Waals surface area contributed by atoms with Crippen LogP contribution in [0.4, 0.5) is 5.13 Å². The molecule has 1 aliphatic rings. The first-order valence-electron chi connectivity index (χ1n) is 5.77. The number of anilines is 1. The first kappa shape index (κ1) is 10.9. The molecule has 0 bridgehead atoms. The second-order valence-corrected chi connectivity index (χ2v) is 5.00. The average molecular weight is 225 g/mol. The molecule has 0 radical (unpaired) electrons. The summed E-state index contributed by atoms with van der Waals surface area (Å²) in [5.74, 6) is 0. The number of aromatic nitrogens is 1. The molecule has 15 heavy (non-hydrogen) atoms. The van der Waals surface area contributed by atoms with Gasteiger partial charge in [-0.25, -0.2) is 4.98 Å². The molecule has 2 rings (SSSR count). The molecule has 1 aromatic rings. The molecular formula is C11H19N3S. The lowest BCUT2D eigenvalue weighted by Crippen LogP contribution is -2.24. The van der Waals surface area contributed by atoms with Gasteiger partial charge in [-0.1, -0.05) is 6.92 Å². The third kappa shape index (κ3) is 2.69. The SMILES string of the molecule is CCNCc1cnc(N(CC)C2CC2)s1. The summed E-state index contributed by atoms with van der Waals surface area (Å²) in [6.45, 7) is 7.40. The largest absolute Gasteiger partial charge is 0.345 e. The Kier molecular flexibility index (Phi) is 3.59. The van der Waals surface area contributed by atoms with E-state index in [0.29, 0.717) is 0 Å². The van der Waals surface area contributed by atoms with Crippen molar-refractivity contribution < 1.29 is 0 Å². The molecule has 4 heteroatoms. The Morgan fingerprint density at radius 3 is 2.93 bits per heavy atom. The van der Waals surface area contributed by atoms with Gasteiger partial charge in [0.05, 0.1) is 0 Å². The van der Waals surface area contributed by atoms with Crippen LogP contribution in [0.5, 0.6) is 0 Å². The molecule has 3 nitrogen and oxygen atoms in total. The molecule has 0 spiro atoms. The van der Waals surface area contributed by atoms with Crippen molar-refractivity contribution >= 4 is 16.5 Å². The van der Waals surface area contributed by atoms with Gasteiger partial charge in [-0.3, -0.25) is 0 Å². The second kappa shape index (κ2) is 4.94. The summed E-state index contributed by atoms with van der Waals surface area (Å²) in [5, 5.41) is 4.53. The smallest absolute Gasteiger partial charge is 0.185 e. The van der Waals surface area contributed by atoms with Gasteiger partial charge >= 0.3 is 0 Å². The van der Waals surface area contributed by atoms with Crippen molar-refractivity contribution in [3.63, 3.8) is 0 Å². The third-order valence-electron chi connectivity index (χ3n) is 2.66. The lowest BCUT2D eigenvalue weighted by atomic mass is 10.5. The fourth-order valence-electron chi connectivity index (χ4n) is 1.70. The topological polar surface area (TPSA) is 28.2 Å². The highest BCUT2D eigenvalue weighted by atomic mass is 32.1. The highest BCUT2D eigenvalue weighted by Gasteiger charge is 2.29. The van der Waals surface area contributed by atoms with Crippen molar-refractivity contribution in [2.75, 3.05) is 18.0 Å². The van der Waals surface area contributed by atoms with Gasteiger partial charge in [-0.05, 0) is 26.3 Å². The van der Waals surface area contributed by atoms with Crippen LogP contribution >= 0.6 is 11.3 Å². The van der Waals surface area contributed by atoms with Gasteiger partial charge in [0, 0.05) is 30.2 Å². The highest BCUT2D eigenvalue weighted by Crippen LogP contribution is 2.33. The van der Waals surface area contributed by atoms with Crippen molar-refractivity contribution in [2.45, 2.75) is 39.3 Å². The fraction of sp³-hybridized carbons (Fsp3) is 0.727. The van der Waals surface area contributed by atoms with Crippen molar-refractivity contribution in [2.24, 2.45) is 0 Å². The van der Waals surface area contributed by atoms with E-state index in [4.69, 9.17) is 0 Å². The minimum absolute atomic E-state index is 0.771. The maximum atomic E-state index is 4.51. The minimum Gasteiger partial charge on any atom is -0.345 e. The first-order valence-corrected chi connectivity index (χ1v) is 6.58. The van der Waals surface area contributed by atoms with E-state index in [1.165, 1.54) is 22.9 Å². The zero-order valence-corrected chi connectivity index (χ0v) is 10.3. The molecule has 1 heterocycles. The summed E-state index contributed by atoms with van der Waals surface area (Å²) in [4.78, 5) is 8.28. The van der Waals surface area contributed by atoms with Crippen LogP contribution in [-0.2, 0) is 6.54 Å². The molecule has 0 amide bonds. The quantitative estimate of drug-likeness (QED) is 0.805. The van der Waals surface area contributed by atoms with E-state index in [-0.39, 0.29) is 0 Å². The van der Waals surface area contributed by atoms with Crippen molar-refractivity contribution in [3.05, 3.63) is 11.1 Å². The summed E-state index contributed by atoms with van der Waals surface area (Å²) in [6, 6.07) is 0.771. The van der Waals surface area contributed by atoms with Gasteiger partial charge in [-0.2, -0.15) is 0 Å². The fourth-order valence-corrected chi connectivity index (χ4v) is 2.71. The van der Waals surface area contributed by atoms with Gasteiger partial charge in [0.25, 0.3) is 0 Å². The Morgan fingerprint density at radius 2 is 2.33 bits per heavy atom. The number of nitrogens with zero attached hydrogens (tertiary/aromatic N) is 2.